The van der Waals surface area contributed by atoms with E-state index in [0.29, 0.717) is 11.5 Å². The Kier molecular flexibility index (Phi) is 4.67. The Balaban J connectivity index is 1.36. The second-order valence-corrected chi connectivity index (χ2v) is 7.53. The molecule has 3 aromatic heterocycles. The van der Waals surface area contributed by atoms with Gasteiger partial charge in [0.25, 0.3) is 0 Å². The van der Waals surface area contributed by atoms with Gasteiger partial charge < -0.3 is 9.80 Å². The van der Waals surface area contributed by atoms with Gasteiger partial charge in [-0.05, 0) is 43.5 Å². The lowest BCUT2D eigenvalue weighted by Crippen LogP contribution is -2.38. The normalized spacial score (nSPS) is 17.8. The highest BCUT2D eigenvalue weighted by atomic mass is 16.2. The lowest BCUT2D eigenvalue weighted by Gasteiger charge is -2.25. The van der Waals surface area contributed by atoms with Crippen LogP contribution in [0.1, 0.15) is 19.3 Å². The number of nitrogens with zero attached hydrogens (tertiary/aromatic N) is 7. The number of amides is 1. The van der Waals surface area contributed by atoms with Crippen molar-refractivity contribution in [3.8, 4) is 11.4 Å². The van der Waals surface area contributed by atoms with Crippen molar-refractivity contribution in [3.05, 3.63) is 48.8 Å². The first-order valence-electron chi connectivity index (χ1n) is 10.1. The van der Waals surface area contributed by atoms with Crippen molar-refractivity contribution in [1.82, 2.24) is 29.7 Å². The molecule has 2 aliphatic rings. The van der Waals surface area contributed by atoms with E-state index in [1.807, 2.05) is 29.2 Å². The van der Waals surface area contributed by atoms with Crippen molar-refractivity contribution >= 4 is 17.4 Å². The van der Waals surface area contributed by atoms with Crippen molar-refractivity contribution in [2.45, 2.75) is 19.3 Å². The maximum atomic E-state index is 12.8. The van der Waals surface area contributed by atoms with Crippen molar-refractivity contribution in [2.75, 3.05) is 31.1 Å². The largest absolute Gasteiger partial charge is 0.353 e. The number of fused-ring (bicyclic) bond motifs is 1. The van der Waals surface area contributed by atoms with Gasteiger partial charge in [-0.1, -0.05) is 12.2 Å². The van der Waals surface area contributed by atoms with Crippen LogP contribution in [-0.4, -0.2) is 61.8 Å². The van der Waals surface area contributed by atoms with Crippen LogP contribution in [0.25, 0.3) is 17.0 Å². The fourth-order valence-electron chi connectivity index (χ4n) is 4.07. The van der Waals surface area contributed by atoms with Crippen molar-refractivity contribution in [2.24, 2.45) is 5.92 Å². The first-order chi connectivity index (χ1) is 14.3. The summed E-state index contributed by atoms with van der Waals surface area (Å²) in [6, 6.07) is 7.74. The molecule has 1 aliphatic heterocycles. The van der Waals surface area contributed by atoms with Crippen LogP contribution < -0.4 is 4.90 Å². The number of carbonyl (C=O) groups is 1. The lowest BCUT2D eigenvalue weighted by atomic mass is 10.1. The molecule has 3 aromatic rings. The number of rotatable bonds is 3. The molecular formula is C21H23N7O. The second-order valence-electron chi connectivity index (χ2n) is 7.53. The highest BCUT2D eigenvalue weighted by Crippen LogP contribution is 2.23. The van der Waals surface area contributed by atoms with Gasteiger partial charge >= 0.3 is 0 Å². The zero-order valence-electron chi connectivity index (χ0n) is 16.2. The van der Waals surface area contributed by atoms with Gasteiger partial charge in [0.05, 0.1) is 0 Å². The van der Waals surface area contributed by atoms with Gasteiger partial charge in [-0.15, -0.1) is 15.3 Å². The molecule has 0 N–H and O–H groups in total. The smallest absolute Gasteiger partial charge is 0.226 e. The molecule has 0 radical (unpaired) electrons. The topological polar surface area (TPSA) is 79.5 Å². The monoisotopic (exact) mass is 389 g/mol. The number of pyridine rings is 1. The summed E-state index contributed by atoms with van der Waals surface area (Å²) in [5.74, 6) is 1.97. The fraction of sp³-hybridized carbons (Fsp3) is 0.381. The average Bonchev–Trinajstić information content (AvgIpc) is 3.38. The highest BCUT2D eigenvalue weighted by molar-refractivity contribution is 5.79. The van der Waals surface area contributed by atoms with Crippen molar-refractivity contribution in [1.29, 1.82) is 0 Å². The number of allylic oxidation sites excluding steroid dienone is 2. The van der Waals surface area contributed by atoms with Crippen molar-refractivity contribution < 1.29 is 4.79 Å². The third kappa shape index (κ3) is 3.46. The van der Waals surface area contributed by atoms with Crippen LogP contribution in [0.15, 0.2) is 48.8 Å². The van der Waals surface area contributed by atoms with Gasteiger partial charge in [0.15, 0.2) is 11.5 Å². The van der Waals surface area contributed by atoms with Crippen LogP contribution >= 0.6 is 0 Å². The average molecular weight is 389 g/mol. The Bertz CT molecular complexity index is 1040. The van der Waals surface area contributed by atoms with Gasteiger partial charge in [0, 0.05) is 50.1 Å². The number of anilines is 1. The number of hydrogen-bond donors (Lipinski definition) is 0. The highest BCUT2D eigenvalue weighted by Gasteiger charge is 2.27. The number of aromatic nitrogens is 5. The van der Waals surface area contributed by atoms with Gasteiger partial charge in [-0.25, -0.2) is 0 Å². The van der Waals surface area contributed by atoms with E-state index in [2.05, 4.69) is 32.2 Å². The summed E-state index contributed by atoms with van der Waals surface area (Å²) in [6.07, 6.45) is 10.4. The van der Waals surface area contributed by atoms with E-state index in [9.17, 15) is 4.79 Å². The van der Waals surface area contributed by atoms with Crippen LogP contribution in [0.5, 0.6) is 0 Å². The molecule has 1 saturated heterocycles. The summed E-state index contributed by atoms with van der Waals surface area (Å²) in [7, 11) is 0. The van der Waals surface area contributed by atoms with Gasteiger partial charge in [0.1, 0.15) is 5.82 Å². The van der Waals surface area contributed by atoms with Crippen LogP contribution in [0.2, 0.25) is 0 Å². The summed E-state index contributed by atoms with van der Waals surface area (Å²) >= 11 is 0. The minimum atomic E-state index is 0.134. The van der Waals surface area contributed by atoms with Gasteiger partial charge in [-0.3, -0.25) is 9.78 Å². The zero-order chi connectivity index (χ0) is 19.6. The molecule has 4 heterocycles. The predicted molar refractivity (Wildman–Crippen MR) is 109 cm³/mol. The van der Waals surface area contributed by atoms with E-state index in [-0.39, 0.29) is 11.8 Å². The molecule has 8 nitrogen and oxygen atoms in total. The molecule has 148 valence electrons. The first-order valence-corrected chi connectivity index (χ1v) is 10.1. The molecular weight excluding hydrogens is 366 g/mol. The van der Waals surface area contributed by atoms with Crippen LogP contribution in [-0.2, 0) is 4.79 Å². The maximum absolute atomic E-state index is 12.8. The summed E-state index contributed by atoms with van der Waals surface area (Å²) < 4.78 is 1.77. The minimum Gasteiger partial charge on any atom is -0.353 e. The van der Waals surface area contributed by atoms with E-state index in [1.54, 1.807) is 16.9 Å². The van der Waals surface area contributed by atoms with Crippen LogP contribution in [0, 0.1) is 5.92 Å². The Morgan fingerprint density at radius 2 is 1.90 bits per heavy atom. The lowest BCUT2D eigenvalue weighted by molar-refractivity contribution is -0.134. The molecule has 5 rings (SSSR count). The number of carbonyl (C=O) groups excluding carboxylic acids is 1. The molecule has 0 saturated carbocycles. The van der Waals surface area contributed by atoms with Gasteiger partial charge in [0.2, 0.25) is 5.91 Å². The zero-order valence-corrected chi connectivity index (χ0v) is 16.2. The molecule has 0 spiro atoms. The molecule has 0 unspecified atom stereocenters. The Labute approximate surface area is 168 Å². The Morgan fingerprint density at radius 1 is 1.00 bits per heavy atom. The molecule has 0 aromatic carbocycles. The van der Waals surface area contributed by atoms with E-state index in [0.717, 1.165) is 56.8 Å². The van der Waals surface area contributed by atoms with Crippen LogP contribution in [0.4, 0.5) is 5.82 Å². The maximum Gasteiger partial charge on any atom is 0.226 e. The molecule has 1 aliphatic carbocycles. The van der Waals surface area contributed by atoms with E-state index >= 15 is 0 Å². The summed E-state index contributed by atoms with van der Waals surface area (Å²) in [5, 5.41) is 13.3. The summed E-state index contributed by atoms with van der Waals surface area (Å²) in [5.41, 5.74) is 1.58. The van der Waals surface area contributed by atoms with Gasteiger partial charge in [-0.2, -0.15) is 4.52 Å². The SMILES string of the molecule is O=C(C1CC=CC1)N1CCCN(c2ccc3nnc(-c4cccnc4)n3n2)CC1. The molecule has 1 fully saturated rings. The molecule has 0 bridgehead atoms. The van der Waals surface area contributed by atoms with E-state index in [1.165, 1.54) is 0 Å². The van der Waals surface area contributed by atoms with E-state index in [4.69, 9.17) is 5.10 Å². The first kappa shape index (κ1) is 17.8. The Morgan fingerprint density at radius 3 is 2.72 bits per heavy atom. The standard InChI is InChI=1S/C21H23N7O/c29-21(16-5-1-2-6-16)27-12-4-11-26(13-14-27)19-9-8-18-23-24-20(28(18)25-19)17-7-3-10-22-15-17/h1-3,7-10,15-16H,4-6,11-14H2. The molecule has 1 amide bonds. The predicted octanol–water partition coefficient (Wildman–Crippen LogP) is 2.19. The third-order valence-corrected chi connectivity index (χ3v) is 5.66. The van der Waals surface area contributed by atoms with Crippen molar-refractivity contribution in [3.63, 3.8) is 0 Å². The molecule has 8 heteroatoms. The summed E-state index contributed by atoms with van der Waals surface area (Å²) in [4.78, 5) is 21.2. The fourth-order valence-corrected chi connectivity index (χ4v) is 4.07. The second kappa shape index (κ2) is 7.62. The quantitative estimate of drug-likeness (QED) is 0.639. The summed E-state index contributed by atoms with van der Waals surface area (Å²) in [6.45, 7) is 3.18. The molecule has 0 atom stereocenters. The Hall–Kier alpha value is -3.29. The molecule has 29 heavy (non-hydrogen) atoms. The van der Waals surface area contributed by atoms with Crippen LogP contribution in [0.3, 0.4) is 0 Å². The third-order valence-electron chi connectivity index (χ3n) is 5.66. The number of hydrogen-bond acceptors (Lipinski definition) is 6. The van der Waals surface area contributed by atoms with E-state index < -0.39 is 0 Å². The minimum absolute atomic E-state index is 0.134.